The summed E-state index contributed by atoms with van der Waals surface area (Å²) in [5, 5.41) is 3.52. The second-order valence-electron chi connectivity index (χ2n) is 8.88. The fourth-order valence-corrected chi connectivity index (χ4v) is 6.82. The highest BCUT2D eigenvalue weighted by Crippen LogP contribution is 2.27. The van der Waals surface area contributed by atoms with Crippen molar-refractivity contribution in [3.05, 3.63) is 100 Å². The first-order valence-electron chi connectivity index (χ1n) is 11.6. The minimum Gasteiger partial charge on any atom is -0.332 e. The monoisotopic (exact) mass is 506 g/mol. The van der Waals surface area contributed by atoms with Crippen LogP contribution < -0.4 is 0 Å². The molecular weight excluding hydrogens is 476 g/mol. The van der Waals surface area contributed by atoms with Crippen LogP contribution in [0.1, 0.15) is 29.9 Å². The smallest absolute Gasteiger partial charge is 0.244 e. The summed E-state index contributed by atoms with van der Waals surface area (Å²) >= 11 is 1.61. The minimum atomic E-state index is -3.91. The SMILES string of the molecule is Cc1ccsc1CN(Cc1ccccc1)C(=O)CN(C(C)C)S(=O)(=O)c1cccc2ccccc12. The molecule has 4 aromatic rings. The number of benzene rings is 3. The number of sulfonamides is 1. The molecule has 0 bridgehead atoms. The number of amides is 1. The van der Waals surface area contributed by atoms with E-state index in [1.807, 2.05) is 79.0 Å². The Bertz CT molecular complexity index is 1410. The summed E-state index contributed by atoms with van der Waals surface area (Å²) in [5.74, 6) is -0.223. The van der Waals surface area contributed by atoms with Gasteiger partial charge in [0.2, 0.25) is 15.9 Å². The van der Waals surface area contributed by atoms with Crippen LogP contribution in [0.3, 0.4) is 0 Å². The molecule has 0 N–H and O–H groups in total. The Labute approximate surface area is 211 Å². The number of rotatable bonds is 9. The predicted octanol–water partition coefficient (Wildman–Crippen LogP) is 5.84. The maximum atomic E-state index is 13.8. The molecule has 182 valence electrons. The molecule has 1 amide bonds. The highest BCUT2D eigenvalue weighted by Gasteiger charge is 2.32. The van der Waals surface area contributed by atoms with Gasteiger partial charge < -0.3 is 4.90 Å². The molecule has 7 heteroatoms. The third-order valence-electron chi connectivity index (χ3n) is 6.07. The summed E-state index contributed by atoms with van der Waals surface area (Å²) in [6.45, 7) is 6.28. The number of aryl methyl sites for hydroxylation is 1. The molecule has 1 heterocycles. The molecule has 0 aliphatic rings. The fourth-order valence-electron chi connectivity index (χ4n) is 4.10. The molecule has 0 radical (unpaired) electrons. The topological polar surface area (TPSA) is 57.7 Å². The van der Waals surface area contributed by atoms with Crippen molar-refractivity contribution in [3.63, 3.8) is 0 Å². The molecule has 0 spiro atoms. The Morgan fingerprint density at radius 1 is 0.886 bits per heavy atom. The molecule has 4 rings (SSSR count). The van der Waals surface area contributed by atoms with E-state index >= 15 is 0 Å². The second-order valence-corrected chi connectivity index (χ2v) is 11.7. The van der Waals surface area contributed by atoms with Crippen LogP contribution in [0.25, 0.3) is 10.8 Å². The van der Waals surface area contributed by atoms with Crippen LogP contribution in [-0.2, 0) is 27.9 Å². The average Bonchev–Trinajstić information content (AvgIpc) is 3.26. The van der Waals surface area contributed by atoms with Crippen molar-refractivity contribution in [2.24, 2.45) is 0 Å². The van der Waals surface area contributed by atoms with Crippen LogP contribution in [0.15, 0.2) is 89.1 Å². The number of hydrogen-bond donors (Lipinski definition) is 0. The molecule has 3 aromatic carbocycles. The molecule has 0 atom stereocenters. The van der Waals surface area contributed by atoms with Gasteiger partial charge in [0.15, 0.2) is 0 Å². The van der Waals surface area contributed by atoms with Crippen LogP contribution in [0.4, 0.5) is 0 Å². The first-order chi connectivity index (χ1) is 16.8. The Balaban J connectivity index is 1.66. The normalized spacial score (nSPS) is 11.9. The third kappa shape index (κ3) is 5.64. The molecule has 0 fully saturated rings. The largest absolute Gasteiger partial charge is 0.332 e. The van der Waals surface area contributed by atoms with Gasteiger partial charge in [-0.2, -0.15) is 4.31 Å². The summed E-state index contributed by atoms with van der Waals surface area (Å²) < 4.78 is 29.0. The Morgan fingerprint density at radius 3 is 2.26 bits per heavy atom. The first-order valence-corrected chi connectivity index (χ1v) is 13.9. The third-order valence-corrected chi connectivity index (χ3v) is 9.16. The highest BCUT2D eigenvalue weighted by atomic mass is 32.2. The van der Waals surface area contributed by atoms with Crippen molar-refractivity contribution >= 4 is 38.0 Å². The van der Waals surface area contributed by atoms with E-state index in [9.17, 15) is 13.2 Å². The number of thiophene rings is 1. The summed E-state index contributed by atoms with van der Waals surface area (Å²) in [5.41, 5.74) is 2.13. The van der Waals surface area contributed by atoms with Gasteiger partial charge in [0.1, 0.15) is 0 Å². The lowest BCUT2D eigenvalue weighted by atomic mass is 10.1. The molecular formula is C28H30N2O3S2. The quantitative estimate of drug-likeness (QED) is 0.287. The Hall–Kier alpha value is -3.00. The standard InChI is InChI=1S/C28H30N2O3S2/c1-21(2)30(35(32,33)27-15-9-13-24-12-7-8-14-25(24)27)20-28(31)29(18-23-10-5-4-6-11-23)19-26-22(3)16-17-34-26/h4-17,21H,18-20H2,1-3H3. The molecule has 1 aromatic heterocycles. The van der Waals surface area contributed by atoms with Gasteiger partial charge in [0.05, 0.1) is 18.0 Å². The van der Waals surface area contributed by atoms with Gasteiger partial charge in [-0.05, 0) is 54.8 Å². The van der Waals surface area contributed by atoms with Gasteiger partial charge in [-0.1, -0.05) is 66.7 Å². The van der Waals surface area contributed by atoms with E-state index in [0.29, 0.717) is 18.5 Å². The lowest BCUT2D eigenvalue weighted by Crippen LogP contribution is -2.45. The van der Waals surface area contributed by atoms with Gasteiger partial charge in [-0.25, -0.2) is 8.42 Å². The Morgan fingerprint density at radius 2 is 1.57 bits per heavy atom. The van der Waals surface area contributed by atoms with Crippen molar-refractivity contribution in [2.45, 2.75) is 44.8 Å². The summed E-state index contributed by atoms with van der Waals surface area (Å²) in [4.78, 5) is 16.7. The lowest BCUT2D eigenvalue weighted by molar-refractivity contribution is -0.132. The highest BCUT2D eigenvalue weighted by molar-refractivity contribution is 7.89. The van der Waals surface area contributed by atoms with Crippen molar-refractivity contribution in [3.8, 4) is 0 Å². The summed E-state index contributed by atoms with van der Waals surface area (Å²) in [6, 6.07) is 24.1. The summed E-state index contributed by atoms with van der Waals surface area (Å²) in [6.07, 6.45) is 0. The molecule has 5 nitrogen and oxygen atoms in total. The van der Waals surface area contributed by atoms with Gasteiger partial charge in [-0.15, -0.1) is 11.3 Å². The van der Waals surface area contributed by atoms with Crippen molar-refractivity contribution in [1.29, 1.82) is 0 Å². The van der Waals surface area contributed by atoms with Crippen molar-refractivity contribution in [2.75, 3.05) is 6.54 Å². The van der Waals surface area contributed by atoms with Gasteiger partial charge in [0, 0.05) is 22.8 Å². The van der Waals surface area contributed by atoms with E-state index in [4.69, 9.17) is 0 Å². The van der Waals surface area contributed by atoms with E-state index in [-0.39, 0.29) is 23.4 Å². The average molecular weight is 507 g/mol. The molecule has 0 aliphatic carbocycles. The second kappa shape index (κ2) is 10.7. The van der Waals surface area contributed by atoms with Gasteiger partial charge >= 0.3 is 0 Å². The Kier molecular flexibility index (Phi) is 7.69. The molecule has 0 unspecified atom stereocenters. The molecule has 0 aliphatic heterocycles. The number of carbonyl (C=O) groups excluding carboxylic acids is 1. The fraction of sp³-hybridized carbons (Fsp3) is 0.250. The van der Waals surface area contributed by atoms with Crippen LogP contribution >= 0.6 is 11.3 Å². The van der Waals surface area contributed by atoms with Gasteiger partial charge in [0.25, 0.3) is 0 Å². The number of carbonyl (C=O) groups is 1. The number of fused-ring (bicyclic) bond motifs is 1. The van der Waals surface area contributed by atoms with Gasteiger partial charge in [-0.3, -0.25) is 4.79 Å². The maximum Gasteiger partial charge on any atom is 0.244 e. The van der Waals surface area contributed by atoms with E-state index < -0.39 is 10.0 Å². The maximum absolute atomic E-state index is 13.8. The lowest BCUT2D eigenvalue weighted by Gasteiger charge is -2.30. The van der Waals surface area contributed by atoms with E-state index in [2.05, 4.69) is 0 Å². The number of nitrogens with zero attached hydrogens (tertiary/aromatic N) is 2. The summed E-state index contributed by atoms with van der Waals surface area (Å²) in [7, 11) is -3.91. The van der Waals surface area contributed by atoms with Crippen LogP contribution in [0.5, 0.6) is 0 Å². The van der Waals surface area contributed by atoms with E-state index in [1.165, 1.54) is 4.31 Å². The zero-order valence-electron chi connectivity index (χ0n) is 20.2. The number of hydrogen-bond acceptors (Lipinski definition) is 4. The van der Waals surface area contributed by atoms with Crippen LogP contribution in [0, 0.1) is 6.92 Å². The molecule has 0 saturated heterocycles. The van der Waals surface area contributed by atoms with E-state index in [0.717, 1.165) is 21.4 Å². The predicted molar refractivity (Wildman–Crippen MR) is 143 cm³/mol. The van der Waals surface area contributed by atoms with Crippen molar-refractivity contribution < 1.29 is 13.2 Å². The molecule has 35 heavy (non-hydrogen) atoms. The zero-order chi connectivity index (χ0) is 25.0. The zero-order valence-corrected chi connectivity index (χ0v) is 21.9. The van der Waals surface area contributed by atoms with Crippen LogP contribution in [-0.4, -0.2) is 36.1 Å². The van der Waals surface area contributed by atoms with Crippen molar-refractivity contribution in [1.82, 2.24) is 9.21 Å². The van der Waals surface area contributed by atoms with Crippen LogP contribution in [0.2, 0.25) is 0 Å². The molecule has 0 saturated carbocycles. The van der Waals surface area contributed by atoms with E-state index in [1.54, 1.807) is 42.2 Å². The minimum absolute atomic E-state index is 0.222. The first kappa shape index (κ1) is 25.1.